The van der Waals surface area contributed by atoms with E-state index in [1.54, 1.807) is 12.1 Å². The number of halogens is 1. The highest BCUT2D eigenvalue weighted by atomic mass is 32.1. The van der Waals surface area contributed by atoms with Crippen LogP contribution in [0.3, 0.4) is 0 Å². The van der Waals surface area contributed by atoms with Gasteiger partial charge in [0.15, 0.2) is 0 Å². The zero-order valence-corrected chi connectivity index (χ0v) is 11.9. The second-order valence-electron chi connectivity index (χ2n) is 5.55. The Labute approximate surface area is 115 Å². The molecule has 0 spiro atoms. The molecule has 0 atom stereocenters. The molecule has 100 valence electrons. The van der Waals surface area contributed by atoms with Crippen LogP contribution in [0, 0.1) is 11.2 Å². The Morgan fingerprint density at radius 2 is 2.00 bits per heavy atom. The van der Waals surface area contributed by atoms with Crippen molar-refractivity contribution >= 4 is 18.3 Å². The van der Waals surface area contributed by atoms with Crippen LogP contribution in [-0.2, 0) is 0 Å². The van der Waals surface area contributed by atoms with Gasteiger partial charge in [-0.15, -0.1) is 0 Å². The van der Waals surface area contributed by atoms with Gasteiger partial charge in [-0.25, -0.2) is 4.39 Å². The molecule has 1 aliphatic carbocycles. The third-order valence-electron chi connectivity index (χ3n) is 4.07. The summed E-state index contributed by atoms with van der Waals surface area (Å²) in [5.41, 5.74) is 1.27. The summed E-state index contributed by atoms with van der Waals surface area (Å²) in [6.45, 7) is 0.972. The Morgan fingerprint density at radius 3 is 2.61 bits per heavy atom. The second-order valence-corrected chi connectivity index (χ2v) is 5.87. The molecule has 18 heavy (non-hydrogen) atoms. The standard InChI is InChI=1S/C15H22FNS/c1-17(14-7-5-6-13(16)10-14)11-15(12-18)8-3-2-4-9-15/h5-7,10,18H,2-4,8-9,11-12H2,1H3. The number of nitrogens with zero attached hydrogens (tertiary/aromatic N) is 1. The Balaban J connectivity index is 2.07. The van der Waals surface area contributed by atoms with Gasteiger partial charge in [-0.3, -0.25) is 0 Å². The van der Waals surface area contributed by atoms with Crippen molar-refractivity contribution in [2.45, 2.75) is 32.1 Å². The number of benzene rings is 1. The van der Waals surface area contributed by atoms with Crippen LogP contribution in [0.25, 0.3) is 0 Å². The van der Waals surface area contributed by atoms with Gasteiger partial charge in [0, 0.05) is 19.3 Å². The zero-order chi connectivity index (χ0) is 13.0. The van der Waals surface area contributed by atoms with Crippen molar-refractivity contribution in [1.29, 1.82) is 0 Å². The first-order valence-corrected chi connectivity index (χ1v) is 7.36. The maximum absolute atomic E-state index is 13.2. The Kier molecular flexibility index (Phi) is 4.55. The third-order valence-corrected chi connectivity index (χ3v) is 4.74. The summed E-state index contributed by atoms with van der Waals surface area (Å²) in [5.74, 6) is 0.759. The Hall–Kier alpha value is -0.700. The number of hydrogen-bond acceptors (Lipinski definition) is 2. The van der Waals surface area contributed by atoms with Gasteiger partial charge >= 0.3 is 0 Å². The summed E-state index contributed by atoms with van der Waals surface area (Å²) in [4.78, 5) is 2.17. The molecule has 1 saturated carbocycles. The van der Waals surface area contributed by atoms with E-state index >= 15 is 0 Å². The largest absolute Gasteiger partial charge is 0.374 e. The van der Waals surface area contributed by atoms with Crippen molar-refractivity contribution in [3.8, 4) is 0 Å². The molecule has 0 radical (unpaired) electrons. The lowest BCUT2D eigenvalue weighted by atomic mass is 9.75. The molecule has 0 aliphatic heterocycles. The molecule has 0 heterocycles. The van der Waals surface area contributed by atoms with Gasteiger partial charge in [-0.05, 0) is 42.2 Å². The summed E-state index contributed by atoms with van der Waals surface area (Å²) in [7, 11) is 2.05. The van der Waals surface area contributed by atoms with Crippen molar-refractivity contribution in [2.24, 2.45) is 5.41 Å². The molecule has 0 saturated heterocycles. The summed E-state index contributed by atoms with van der Waals surface area (Å²) < 4.78 is 13.2. The molecule has 3 heteroatoms. The quantitative estimate of drug-likeness (QED) is 0.802. The molecule has 0 aromatic heterocycles. The summed E-state index contributed by atoms with van der Waals surface area (Å²) in [5, 5.41) is 0. The van der Waals surface area contributed by atoms with Crippen LogP contribution in [0.15, 0.2) is 24.3 Å². The molecule has 1 aliphatic rings. The second kappa shape index (κ2) is 5.96. The minimum atomic E-state index is -0.164. The lowest BCUT2D eigenvalue weighted by Gasteiger charge is -2.39. The molecular weight excluding hydrogens is 245 g/mol. The van der Waals surface area contributed by atoms with Crippen LogP contribution in [0.5, 0.6) is 0 Å². The zero-order valence-electron chi connectivity index (χ0n) is 11.0. The molecule has 0 unspecified atom stereocenters. The first-order valence-electron chi connectivity index (χ1n) is 6.73. The van der Waals surface area contributed by atoms with E-state index in [-0.39, 0.29) is 5.82 Å². The highest BCUT2D eigenvalue weighted by Crippen LogP contribution is 2.38. The van der Waals surface area contributed by atoms with Gasteiger partial charge in [-0.1, -0.05) is 25.3 Å². The molecule has 1 nitrogen and oxygen atoms in total. The van der Waals surface area contributed by atoms with Gasteiger partial charge in [0.25, 0.3) is 0 Å². The molecule has 1 fully saturated rings. The van der Waals surface area contributed by atoms with Crippen molar-refractivity contribution in [3.05, 3.63) is 30.1 Å². The minimum absolute atomic E-state index is 0.164. The van der Waals surface area contributed by atoms with E-state index in [0.29, 0.717) is 5.41 Å². The summed E-state index contributed by atoms with van der Waals surface area (Å²) in [6, 6.07) is 6.84. The molecule has 1 aromatic rings. The Bertz CT molecular complexity index is 388. The fourth-order valence-electron chi connectivity index (χ4n) is 2.98. The van der Waals surface area contributed by atoms with Crippen molar-refractivity contribution < 1.29 is 4.39 Å². The monoisotopic (exact) mass is 267 g/mol. The van der Waals surface area contributed by atoms with Crippen LogP contribution in [0.4, 0.5) is 10.1 Å². The fraction of sp³-hybridized carbons (Fsp3) is 0.600. The van der Waals surface area contributed by atoms with Crippen molar-refractivity contribution in [3.63, 3.8) is 0 Å². The lowest BCUT2D eigenvalue weighted by Crippen LogP contribution is -2.38. The highest BCUT2D eigenvalue weighted by molar-refractivity contribution is 7.80. The van der Waals surface area contributed by atoms with Crippen molar-refractivity contribution in [1.82, 2.24) is 0 Å². The predicted molar refractivity (Wildman–Crippen MR) is 79.0 cm³/mol. The fourth-order valence-corrected chi connectivity index (χ4v) is 3.39. The molecule has 0 N–H and O–H groups in total. The maximum atomic E-state index is 13.2. The minimum Gasteiger partial charge on any atom is -0.374 e. The van der Waals surface area contributed by atoms with E-state index in [1.165, 1.54) is 38.2 Å². The first-order chi connectivity index (χ1) is 8.65. The van der Waals surface area contributed by atoms with E-state index < -0.39 is 0 Å². The van der Waals surface area contributed by atoms with Crippen LogP contribution >= 0.6 is 12.6 Å². The third kappa shape index (κ3) is 3.19. The Morgan fingerprint density at radius 1 is 1.28 bits per heavy atom. The number of rotatable bonds is 4. The van der Waals surface area contributed by atoms with E-state index in [9.17, 15) is 4.39 Å². The van der Waals surface area contributed by atoms with Crippen LogP contribution in [0.1, 0.15) is 32.1 Å². The summed E-state index contributed by atoms with van der Waals surface area (Å²) >= 11 is 4.56. The van der Waals surface area contributed by atoms with Crippen LogP contribution < -0.4 is 4.90 Å². The van der Waals surface area contributed by atoms with E-state index in [0.717, 1.165) is 18.0 Å². The molecule has 1 aromatic carbocycles. The van der Waals surface area contributed by atoms with Crippen molar-refractivity contribution in [2.75, 3.05) is 24.2 Å². The predicted octanol–water partition coefficient (Wildman–Crippen LogP) is 4.14. The number of hydrogen-bond donors (Lipinski definition) is 1. The smallest absolute Gasteiger partial charge is 0.125 e. The summed E-state index contributed by atoms with van der Waals surface area (Å²) in [6.07, 6.45) is 6.45. The number of thiol groups is 1. The first kappa shape index (κ1) is 13.7. The maximum Gasteiger partial charge on any atom is 0.125 e. The topological polar surface area (TPSA) is 3.24 Å². The lowest BCUT2D eigenvalue weighted by molar-refractivity contribution is 0.230. The van der Waals surface area contributed by atoms with E-state index in [1.807, 2.05) is 6.07 Å². The van der Waals surface area contributed by atoms with Gasteiger partial charge in [0.1, 0.15) is 5.82 Å². The highest BCUT2D eigenvalue weighted by Gasteiger charge is 2.31. The number of anilines is 1. The van der Waals surface area contributed by atoms with Crippen LogP contribution in [-0.4, -0.2) is 19.3 Å². The average molecular weight is 267 g/mol. The van der Waals surface area contributed by atoms with Crippen LogP contribution in [0.2, 0.25) is 0 Å². The molecular formula is C15H22FNS. The van der Waals surface area contributed by atoms with Gasteiger partial charge in [0.2, 0.25) is 0 Å². The average Bonchev–Trinajstić information content (AvgIpc) is 2.40. The van der Waals surface area contributed by atoms with E-state index in [2.05, 4.69) is 24.6 Å². The SMILES string of the molecule is CN(CC1(CS)CCCCC1)c1cccc(F)c1. The normalized spacial score (nSPS) is 18.6. The molecule has 2 rings (SSSR count). The van der Waals surface area contributed by atoms with Gasteiger partial charge in [-0.2, -0.15) is 12.6 Å². The van der Waals surface area contributed by atoms with Gasteiger partial charge < -0.3 is 4.90 Å². The van der Waals surface area contributed by atoms with Gasteiger partial charge in [0.05, 0.1) is 0 Å². The molecule has 0 amide bonds. The molecule has 0 bridgehead atoms. The van der Waals surface area contributed by atoms with E-state index in [4.69, 9.17) is 0 Å².